The summed E-state index contributed by atoms with van der Waals surface area (Å²) in [5, 5.41) is 8.54. The fourth-order valence-corrected chi connectivity index (χ4v) is 2.38. The highest BCUT2D eigenvalue weighted by molar-refractivity contribution is 7.80. The van der Waals surface area contributed by atoms with Gasteiger partial charge in [-0.1, -0.05) is 19.3 Å². The minimum absolute atomic E-state index is 0.687. The quantitative estimate of drug-likeness (QED) is 0.624. The summed E-state index contributed by atoms with van der Waals surface area (Å²) >= 11 is 4.22. The topological polar surface area (TPSA) is 20.2 Å². The molecule has 2 heteroatoms. The molecule has 1 nitrogen and oxygen atoms in total. The van der Waals surface area contributed by atoms with Crippen LogP contribution in [0.3, 0.4) is 0 Å². The van der Waals surface area contributed by atoms with Crippen LogP contribution in [0.1, 0.15) is 32.1 Å². The molecule has 2 radical (unpaired) electrons. The molecule has 1 rings (SSSR count). The van der Waals surface area contributed by atoms with E-state index in [-0.39, 0.29) is 0 Å². The molecular formula is C9H16OS. The second-order valence-corrected chi connectivity index (χ2v) is 3.77. The second-order valence-electron chi connectivity index (χ2n) is 3.33. The van der Waals surface area contributed by atoms with E-state index in [1.807, 2.05) is 0 Å². The fourth-order valence-electron chi connectivity index (χ4n) is 2.05. The van der Waals surface area contributed by atoms with Crippen LogP contribution >= 0.6 is 12.6 Å². The van der Waals surface area contributed by atoms with E-state index in [0.717, 1.165) is 18.1 Å². The Bertz CT molecular complexity index is 93.7. The molecule has 0 aromatic carbocycles. The highest BCUT2D eigenvalue weighted by atomic mass is 32.1. The van der Waals surface area contributed by atoms with E-state index in [1.165, 1.54) is 25.7 Å². The molecule has 1 saturated carbocycles. The van der Waals surface area contributed by atoms with Crippen LogP contribution in [0.25, 0.3) is 0 Å². The lowest BCUT2D eigenvalue weighted by Gasteiger charge is -2.16. The van der Waals surface area contributed by atoms with Crippen LogP contribution in [0.5, 0.6) is 0 Å². The number of hydrogen-bond acceptors (Lipinski definition) is 2. The van der Waals surface area contributed by atoms with E-state index in [2.05, 4.69) is 19.2 Å². The van der Waals surface area contributed by atoms with Crippen LogP contribution in [-0.4, -0.2) is 10.9 Å². The summed E-state index contributed by atoms with van der Waals surface area (Å²) in [5.41, 5.74) is 0. The monoisotopic (exact) mass is 172 g/mol. The molecule has 1 aliphatic rings. The lowest BCUT2D eigenvalue weighted by Crippen LogP contribution is -2.08. The van der Waals surface area contributed by atoms with E-state index in [4.69, 9.17) is 5.11 Å². The van der Waals surface area contributed by atoms with Crippen LogP contribution in [0.4, 0.5) is 0 Å². The standard InChI is InChI=1S/C9H16OS/c10-6-4-8-2-1-3-9(8)5-7-11/h8-11H,1-5,7H2. The van der Waals surface area contributed by atoms with Gasteiger partial charge in [0.1, 0.15) is 6.61 Å². The van der Waals surface area contributed by atoms with Gasteiger partial charge in [-0.15, -0.1) is 0 Å². The van der Waals surface area contributed by atoms with Gasteiger partial charge in [0.25, 0.3) is 0 Å². The molecule has 2 unspecified atom stereocenters. The molecule has 1 N–H and O–H groups in total. The summed E-state index contributed by atoms with van der Waals surface area (Å²) in [5.74, 6) is 2.46. The Morgan fingerprint density at radius 1 is 1.36 bits per heavy atom. The number of aliphatic hydroxyl groups is 1. The first kappa shape index (κ1) is 9.40. The summed E-state index contributed by atoms with van der Waals surface area (Å²) in [6.45, 7) is 2.27. The van der Waals surface area contributed by atoms with E-state index in [9.17, 15) is 0 Å². The minimum Gasteiger partial charge on any atom is -0.384 e. The molecule has 0 spiro atoms. The zero-order valence-electron chi connectivity index (χ0n) is 6.79. The lowest BCUT2D eigenvalue weighted by molar-refractivity contribution is 0.296. The first-order valence-corrected chi connectivity index (χ1v) is 4.99. The van der Waals surface area contributed by atoms with Crippen molar-refractivity contribution in [2.45, 2.75) is 32.1 Å². The van der Waals surface area contributed by atoms with E-state index >= 15 is 0 Å². The average Bonchev–Trinajstić information content (AvgIpc) is 2.39. The van der Waals surface area contributed by atoms with Crippen LogP contribution in [-0.2, 0) is 0 Å². The van der Waals surface area contributed by atoms with Crippen molar-refractivity contribution < 1.29 is 5.11 Å². The Labute approximate surface area is 74.6 Å². The molecule has 1 aliphatic carbocycles. The van der Waals surface area contributed by atoms with E-state index < -0.39 is 0 Å². The Balaban J connectivity index is 2.25. The van der Waals surface area contributed by atoms with Crippen molar-refractivity contribution in [3.8, 4) is 0 Å². The van der Waals surface area contributed by atoms with Crippen LogP contribution in [0.2, 0.25) is 0 Å². The highest BCUT2D eigenvalue weighted by Crippen LogP contribution is 2.36. The molecule has 11 heavy (non-hydrogen) atoms. The number of rotatable bonds is 4. The Hall–Kier alpha value is 0.310. The zero-order chi connectivity index (χ0) is 8.10. The summed E-state index contributed by atoms with van der Waals surface area (Å²) < 4.78 is 0. The molecular weight excluding hydrogens is 156 g/mol. The fraction of sp³-hybridized carbons (Fsp3) is 0.889. The van der Waals surface area contributed by atoms with Crippen molar-refractivity contribution in [3.05, 3.63) is 6.61 Å². The summed E-state index contributed by atoms with van der Waals surface area (Å²) in [7, 11) is 0. The molecule has 0 bridgehead atoms. The first-order chi connectivity index (χ1) is 5.38. The van der Waals surface area contributed by atoms with Crippen LogP contribution < -0.4 is 0 Å². The van der Waals surface area contributed by atoms with Gasteiger partial charge >= 0.3 is 0 Å². The SMILES string of the molecule is O[C]CC1CCCC1CCS. The smallest absolute Gasteiger partial charge is 0.128 e. The van der Waals surface area contributed by atoms with Crippen molar-refractivity contribution in [1.29, 1.82) is 0 Å². The van der Waals surface area contributed by atoms with Gasteiger partial charge in [-0.3, -0.25) is 0 Å². The molecule has 64 valence electrons. The molecule has 0 heterocycles. The predicted molar refractivity (Wildman–Crippen MR) is 49.1 cm³/mol. The second kappa shape index (κ2) is 5.04. The summed E-state index contributed by atoms with van der Waals surface area (Å²) in [6, 6.07) is 0. The van der Waals surface area contributed by atoms with Gasteiger partial charge in [0.05, 0.1) is 0 Å². The Morgan fingerprint density at radius 2 is 2.09 bits per heavy atom. The third-order valence-corrected chi connectivity index (χ3v) is 2.93. The third kappa shape index (κ3) is 2.68. The highest BCUT2D eigenvalue weighted by Gasteiger charge is 2.25. The van der Waals surface area contributed by atoms with Crippen LogP contribution in [0.15, 0.2) is 0 Å². The lowest BCUT2D eigenvalue weighted by atomic mass is 9.91. The summed E-state index contributed by atoms with van der Waals surface area (Å²) in [6.07, 6.45) is 5.89. The van der Waals surface area contributed by atoms with E-state index in [1.54, 1.807) is 0 Å². The van der Waals surface area contributed by atoms with Crippen molar-refractivity contribution >= 4 is 12.6 Å². The molecule has 0 amide bonds. The molecule has 0 saturated heterocycles. The third-order valence-electron chi connectivity index (χ3n) is 2.67. The van der Waals surface area contributed by atoms with Gasteiger partial charge in [0.15, 0.2) is 0 Å². The largest absolute Gasteiger partial charge is 0.384 e. The van der Waals surface area contributed by atoms with Gasteiger partial charge in [0.2, 0.25) is 0 Å². The maximum Gasteiger partial charge on any atom is 0.128 e. The molecule has 0 aromatic heterocycles. The van der Waals surface area contributed by atoms with Crippen LogP contribution in [0, 0.1) is 18.4 Å². The Morgan fingerprint density at radius 3 is 2.73 bits per heavy atom. The maximum atomic E-state index is 8.54. The first-order valence-electron chi connectivity index (χ1n) is 4.36. The molecule has 0 aliphatic heterocycles. The maximum absolute atomic E-state index is 8.54. The van der Waals surface area contributed by atoms with E-state index in [0.29, 0.717) is 5.92 Å². The van der Waals surface area contributed by atoms with Crippen molar-refractivity contribution in [1.82, 2.24) is 0 Å². The van der Waals surface area contributed by atoms with Crippen molar-refractivity contribution in [2.24, 2.45) is 11.8 Å². The van der Waals surface area contributed by atoms with Gasteiger partial charge in [-0.2, -0.15) is 12.6 Å². The summed E-state index contributed by atoms with van der Waals surface area (Å²) in [4.78, 5) is 0. The van der Waals surface area contributed by atoms with Crippen molar-refractivity contribution in [3.63, 3.8) is 0 Å². The average molecular weight is 172 g/mol. The number of aliphatic hydroxyl groups excluding tert-OH is 1. The van der Waals surface area contributed by atoms with Gasteiger partial charge in [-0.05, 0) is 30.4 Å². The number of thiol groups is 1. The molecule has 1 fully saturated rings. The predicted octanol–water partition coefficient (Wildman–Crippen LogP) is 2.52. The Kier molecular flexibility index (Phi) is 4.31. The van der Waals surface area contributed by atoms with Gasteiger partial charge < -0.3 is 5.11 Å². The number of hydrogen-bond donors (Lipinski definition) is 2. The van der Waals surface area contributed by atoms with Gasteiger partial charge in [-0.25, -0.2) is 0 Å². The van der Waals surface area contributed by atoms with Crippen molar-refractivity contribution in [2.75, 3.05) is 5.75 Å². The minimum atomic E-state index is 0.687. The molecule has 2 atom stereocenters. The normalized spacial score (nSPS) is 31.1. The molecule has 0 aromatic rings. The zero-order valence-corrected chi connectivity index (χ0v) is 7.69. The van der Waals surface area contributed by atoms with Gasteiger partial charge in [0, 0.05) is 0 Å².